The molecule has 0 aliphatic carbocycles. The van der Waals surface area contributed by atoms with Crippen molar-refractivity contribution in [3.63, 3.8) is 0 Å². The molecule has 0 fully saturated rings. The van der Waals surface area contributed by atoms with Gasteiger partial charge in [0.1, 0.15) is 0 Å². The summed E-state index contributed by atoms with van der Waals surface area (Å²) in [6.07, 6.45) is 1.50. The molecule has 2 aromatic carbocycles. The van der Waals surface area contributed by atoms with Crippen molar-refractivity contribution in [3.05, 3.63) is 57.6 Å². The molecule has 7 heteroatoms. The molecule has 1 N–H and O–H groups in total. The maximum absolute atomic E-state index is 11.0. The number of ether oxygens (including phenoxy) is 1. The summed E-state index contributed by atoms with van der Waals surface area (Å²) < 4.78 is 4.98. The molecule has 0 aliphatic rings. The first-order valence-corrected chi connectivity index (χ1v) is 7.39. The van der Waals surface area contributed by atoms with Gasteiger partial charge >= 0.3 is 5.69 Å². The number of methoxy groups -OCH3 is 1. The highest BCUT2D eigenvalue weighted by Gasteiger charge is 2.19. The Hall–Kier alpha value is -3.09. The Morgan fingerprint density at radius 3 is 2.54 bits per heavy atom. The zero-order valence-electron chi connectivity index (χ0n) is 13.8. The molecule has 0 bridgehead atoms. The van der Waals surface area contributed by atoms with Gasteiger partial charge in [-0.1, -0.05) is 17.7 Å². The number of nitrogens with zero attached hydrogens (tertiary/aromatic N) is 3. The number of phenols is 1. The number of anilines is 1. The fraction of sp³-hybridized carbons (Fsp3) is 0.235. The Bertz CT molecular complexity index is 757. The molecule has 0 saturated carbocycles. The van der Waals surface area contributed by atoms with E-state index in [2.05, 4.69) is 5.10 Å². The first kappa shape index (κ1) is 17.3. The minimum Gasteiger partial charge on any atom is -0.500 e. The number of benzene rings is 2. The van der Waals surface area contributed by atoms with Crippen molar-refractivity contribution >= 4 is 17.6 Å². The lowest BCUT2D eigenvalue weighted by Crippen LogP contribution is -2.15. The molecule has 0 unspecified atom stereocenters. The zero-order chi connectivity index (χ0) is 17.7. The molecule has 2 aromatic rings. The van der Waals surface area contributed by atoms with Crippen molar-refractivity contribution in [2.75, 3.05) is 18.7 Å². The molecule has 0 spiro atoms. The third kappa shape index (κ3) is 3.81. The highest BCUT2D eigenvalue weighted by atomic mass is 16.6. The van der Waals surface area contributed by atoms with Crippen molar-refractivity contribution in [1.29, 1.82) is 0 Å². The average molecular weight is 329 g/mol. The van der Waals surface area contributed by atoms with Crippen molar-refractivity contribution in [2.45, 2.75) is 13.8 Å². The third-order valence-electron chi connectivity index (χ3n) is 3.47. The number of hydrogen-bond acceptors (Lipinski definition) is 6. The van der Waals surface area contributed by atoms with Crippen LogP contribution < -0.4 is 9.75 Å². The second-order valence-corrected chi connectivity index (χ2v) is 5.14. The van der Waals surface area contributed by atoms with Crippen molar-refractivity contribution in [2.24, 2.45) is 5.10 Å². The number of aromatic hydroxyl groups is 1. The van der Waals surface area contributed by atoms with Crippen LogP contribution in [0.25, 0.3) is 0 Å². The Morgan fingerprint density at radius 2 is 2.00 bits per heavy atom. The summed E-state index contributed by atoms with van der Waals surface area (Å²) in [7, 11) is 1.34. The van der Waals surface area contributed by atoms with E-state index < -0.39 is 16.4 Å². The molecule has 0 radical (unpaired) electrons. The van der Waals surface area contributed by atoms with Crippen LogP contribution in [0.5, 0.6) is 11.5 Å². The van der Waals surface area contributed by atoms with Crippen LogP contribution in [0.2, 0.25) is 0 Å². The van der Waals surface area contributed by atoms with E-state index in [0.29, 0.717) is 12.1 Å². The predicted octanol–water partition coefficient (Wildman–Crippen LogP) is 3.48. The van der Waals surface area contributed by atoms with Gasteiger partial charge in [-0.05, 0) is 32.0 Å². The summed E-state index contributed by atoms with van der Waals surface area (Å²) in [4.78, 5) is 10.4. The van der Waals surface area contributed by atoms with Gasteiger partial charge in [-0.3, -0.25) is 15.1 Å². The van der Waals surface area contributed by atoms with Gasteiger partial charge in [0.15, 0.2) is 5.75 Å². The van der Waals surface area contributed by atoms with Crippen LogP contribution in [0.1, 0.15) is 18.1 Å². The molecular formula is C17H19N3O4. The van der Waals surface area contributed by atoms with Gasteiger partial charge in [0.2, 0.25) is 5.75 Å². The number of rotatable bonds is 6. The molecule has 0 heterocycles. The van der Waals surface area contributed by atoms with Gasteiger partial charge in [0.25, 0.3) is 0 Å². The molecule has 0 aromatic heterocycles. The van der Waals surface area contributed by atoms with Gasteiger partial charge in [-0.15, -0.1) is 0 Å². The number of hydrogen-bond donors (Lipinski definition) is 1. The van der Waals surface area contributed by atoms with E-state index in [0.717, 1.165) is 11.3 Å². The summed E-state index contributed by atoms with van der Waals surface area (Å²) in [5, 5.41) is 26.9. The highest BCUT2D eigenvalue weighted by molar-refractivity contribution is 5.83. The molecule has 0 aliphatic heterocycles. The molecule has 2 rings (SSSR count). The minimum atomic E-state index is -0.660. The fourth-order valence-electron chi connectivity index (χ4n) is 2.17. The normalized spacial score (nSPS) is 10.8. The number of aryl methyl sites for hydroxylation is 1. The van der Waals surface area contributed by atoms with Gasteiger partial charge in [-0.2, -0.15) is 5.10 Å². The molecule has 0 saturated heterocycles. The maximum Gasteiger partial charge on any atom is 0.315 e. The van der Waals surface area contributed by atoms with E-state index in [1.807, 2.05) is 38.1 Å². The lowest BCUT2D eigenvalue weighted by atomic mass is 10.2. The zero-order valence-corrected chi connectivity index (χ0v) is 13.8. The first-order valence-electron chi connectivity index (χ1n) is 7.39. The van der Waals surface area contributed by atoms with Crippen LogP contribution in [0, 0.1) is 17.0 Å². The molecular weight excluding hydrogens is 310 g/mol. The Kier molecular flexibility index (Phi) is 5.36. The number of nitro groups is 1. The molecule has 0 amide bonds. The topological polar surface area (TPSA) is 88.2 Å². The van der Waals surface area contributed by atoms with E-state index >= 15 is 0 Å². The van der Waals surface area contributed by atoms with E-state index in [1.165, 1.54) is 25.5 Å². The minimum absolute atomic E-state index is 0.0315. The lowest BCUT2D eigenvalue weighted by molar-refractivity contribution is -0.386. The van der Waals surface area contributed by atoms with Gasteiger partial charge < -0.3 is 9.84 Å². The molecule has 0 atom stereocenters. The second-order valence-electron chi connectivity index (χ2n) is 5.14. The lowest BCUT2D eigenvalue weighted by Gasteiger charge is -2.17. The van der Waals surface area contributed by atoms with Crippen LogP contribution in [0.3, 0.4) is 0 Å². The van der Waals surface area contributed by atoms with Crippen LogP contribution >= 0.6 is 0 Å². The van der Waals surface area contributed by atoms with E-state index in [1.54, 1.807) is 5.01 Å². The Balaban J connectivity index is 2.34. The monoisotopic (exact) mass is 329 g/mol. The first-order chi connectivity index (χ1) is 11.5. The highest BCUT2D eigenvalue weighted by Crippen LogP contribution is 2.36. The summed E-state index contributed by atoms with van der Waals surface area (Å²) in [5.41, 5.74) is 2.10. The number of phenolic OH excluding ortho intramolecular Hbond substituents is 1. The van der Waals surface area contributed by atoms with Crippen LogP contribution in [-0.4, -0.2) is 29.9 Å². The van der Waals surface area contributed by atoms with Gasteiger partial charge in [0.05, 0.1) is 23.9 Å². The van der Waals surface area contributed by atoms with Gasteiger partial charge in [-0.25, -0.2) is 0 Å². The molecule has 126 valence electrons. The summed E-state index contributed by atoms with van der Waals surface area (Å²) >= 11 is 0. The Morgan fingerprint density at radius 1 is 1.33 bits per heavy atom. The quantitative estimate of drug-likeness (QED) is 0.498. The van der Waals surface area contributed by atoms with Crippen molar-refractivity contribution in [1.82, 2.24) is 0 Å². The number of nitro benzene ring substituents is 1. The summed E-state index contributed by atoms with van der Waals surface area (Å²) in [5.74, 6) is -0.463. The van der Waals surface area contributed by atoms with E-state index in [-0.39, 0.29) is 5.75 Å². The van der Waals surface area contributed by atoms with E-state index in [9.17, 15) is 15.2 Å². The maximum atomic E-state index is 11.0. The predicted molar refractivity (Wildman–Crippen MR) is 93.1 cm³/mol. The van der Waals surface area contributed by atoms with E-state index in [4.69, 9.17) is 4.74 Å². The van der Waals surface area contributed by atoms with Crippen molar-refractivity contribution in [3.8, 4) is 11.5 Å². The third-order valence-corrected chi connectivity index (χ3v) is 3.47. The summed E-state index contributed by atoms with van der Waals surface area (Å²) in [6.45, 7) is 4.60. The van der Waals surface area contributed by atoms with Crippen molar-refractivity contribution < 1.29 is 14.8 Å². The van der Waals surface area contributed by atoms with Crippen LogP contribution in [0.15, 0.2) is 41.5 Å². The standard InChI is InChI=1S/C17H19N3O4/c1-4-19(14-7-5-12(2)6-8-14)18-11-13-9-15(20(22)23)17(21)16(10-13)24-3/h5-11,21H,4H2,1-3H3/b18-11-. The Labute approximate surface area is 139 Å². The van der Waals surface area contributed by atoms with Crippen LogP contribution in [-0.2, 0) is 0 Å². The van der Waals surface area contributed by atoms with Crippen LogP contribution in [0.4, 0.5) is 11.4 Å². The largest absolute Gasteiger partial charge is 0.500 e. The SMILES string of the molecule is CCN(/N=C\c1cc(OC)c(O)c([N+](=O)[O-])c1)c1ccc(C)cc1. The van der Waals surface area contributed by atoms with Gasteiger partial charge in [0, 0.05) is 18.2 Å². The number of hydrazone groups is 1. The smallest absolute Gasteiger partial charge is 0.315 e. The average Bonchev–Trinajstić information content (AvgIpc) is 2.57. The molecule has 7 nitrogen and oxygen atoms in total. The molecule has 24 heavy (non-hydrogen) atoms. The second kappa shape index (κ2) is 7.45. The summed E-state index contributed by atoms with van der Waals surface area (Å²) in [6, 6.07) is 10.6. The fourth-order valence-corrected chi connectivity index (χ4v) is 2.17.